The zero-order valence-electron chi connectivity index (χ0n) is 7.01. The Kier molecular flexibility index (Phi) is 2.09. The molecule has 2 rings (SSSR count). The molecule has 0 spiro atoms. The molecule has 0 radical (unpaired) electrons. The quantitative estimate of drug-likeness (QED) is 0.630. The first-order valence-electron chi connectivity index (χ1n) is 3.85. The highest BCUT2D eigenvalue weighted by molar-refractivity contribution is 8.02. The fourth-order valence-electron chi connectivity index (χ4n) is 1.17. The van der Waals surface area contributed by atoms with Gasteiger partial charge in [-0.1, -0.05) is 0 Å². The molecule has 2 heterocycles. The van der Waals surface area contributed by atoms with Crippen molar-refractivity contribution in [1.82, 2.24) is 9.97 Å². The minimum Gasteiger partial charge on any atom is -0.367 e. The molecule has 1 fully saturated rings. The number of aromatic nitrogens is 2. The molecule has 0 aliphatic carbocycles. The third kappa shape index (κ3) is 1.23. The van der Waals surface area contributed by atoms with Gasteiger partial charge in [-0.05, 0) is 6.07 Å². The van der Waals surface area contributed by atoms with Crippen LogP contribution in [0.25, 0.3) is 0 Å². The monoisotopic (exact) mass is 210 g/mol. The van der Waals surface area contributed by atoms with Gasteiger partial charge in [-0.25, -0.2) is 9.97 Å². The minimum absolute atomic E-state index is 0.000659. The highest BCUT2D eigenvalue weighted by Crippen LogP contribution is 2.38. The zero-order valence-corrected chi connectivity index (χ0v) is 7.82. The second-order valence-corrected chi connectivity index (χ2v) is 3.95. The topological polar surface area (TPSA) is 80.2 Å². The zero-order chi connectivity index (χ0) is 10.2. The number of carbonyl (C=O) groups excluding carboxylic acids is 2. The SMILES string of the molecule is O=C1CSC(O)(c2ccncn2)C1=O. The summed E-state index contributed by atoms with van der Waals surface area (Å²) in [6.45, 7) is 0. The fraction of sp³-hybridized carbons (Fsp3) is 0.250. The first kappa shape index (κ1) is 9.29. The van der Waals surface area contributed by atoms with Crippen LogP contribution in [0, 0.1) is 0 Å². The molecule has 6 heteroatoms. The Morgan fingerprint density at radius 1 is 1.50 bits per heavy atom. The Labute approximate surface area is 83.6 Å². The van der Waals surface area contributed by atoms with E-state index in [1.165, 1.54) is 18.6 Å². The smallest absolute Gasteiger partial charge is 0.247 e. The van der Waals surface area contributed by atoms with E-state index < -0.39 is 16.5 Å². The summed E-state index contributed by atoms with van der Waals surface area (Å²) in [6, 6.07) is 1.42. The van der Waals surface area contributed by atoms with E-state index in [-0.39, 0.29) is 11.4 Å². The predicted octanol–water partition coefficient (Wildman–Crippen LogP) is -0.493. The van der Waals surface area contributed by atoms with Crippen molar-refractivity contribution in [1.29, 1.82) is 0 Å². The van der Waals surface area contributed by atoms with Gasteiger partial charge < -0.3 is 5.11 Å². The lowest BCUT2D eigenvalue weighted by Crippen LogP contribution is -2.31. The molecule has 1 aliphatic heterocycles. The molecule has 0 amide bonds. The molecule has 1 N–H and O–H groups in total. The molecule has 0 aromatic carbocycles. The van der Waals surface area contributed by atoms with E-state index in [1.54, 1.807) is 0 Å². The number of rotatable bonds is 1. The maximum atomic E-state index is 11.3. The average molecular weight is 210 g/mol. The minimum atomic E-state index is -1.81. The van der Waals surface area contributed by atoms with Crippen LogP contribution in [0.3, 0.4) is 0 Å². The van der Waals surface area contributed by atoms with E-state index >= 15 is 0 Å². The van der Waals surface area contributed by atoms with Crippen LogP contribution in [0.2, 0.25) is 0 Å². The van der Waals surface area contributed by atoms with E-state index in [9.17, 15) is 14.7 Å². The molecule has 1 aromatic rings. The van der Waals surface area contributed by atoms with Gasteiger partial charge in [0.15, 0.2) is 0 Å². The van der Waals surface area contributed by atoms with Crippen LogP contribution in [0.5, 0.6) is 0 Å². The Balaban J connectivity index is 2.44. The summed E-state index contributed by atoms with van der Waals surface area (Å²) in [5.74, 6) is -1.38. The summed E-state index contributed by atoms with van der Waals surface area (Å²) in [6.07, 6.45) is 2.64. The van der Waals surface area contributed by atoms with Gasteiger partial charge in [-0.2, -0.15) is 0 Å². The summed E-state index contributed by atoms with van der Waals surface area (Å²) in [5.41, 5.74) is 0.161. The molecular weight excluding hydrogens is 204 g/mol. The lowest BCUT2D eigenvalue weighted by Gasteiger charge is -2.16. The van der Waals surface area contributed by atoms with Gasteiger partial charge in [-0.15, -0.1) is 11.8 Å². The number of carbonyl (C=O) groups is 2. The maximum absolute atomic E-state index is 11.3. The van der Waals surface area contributed by atoms with Gasteiger partial charge in [0.25, 0.3) is 0 Å². The molecule has 1 aromatic heterocycles. The van der Waals surface area contributed by atoms with Crippen molar-refractivity contribution in [3.63, 3.8) is 0 Å². The van der Waals surface area contributed by atoms with E-state index in [0.717, 1.165) is 11.8 Å². The van der Waals surface area contributed by atoms with Gasteiger partial charge in [0.05, 0.1) is 11.4 Å². The third-order valence-corrected chi connectivity index (χ3v) is 3.12. The van der Waals surface area contributed by atoms with Crippen molar-refractivity contribution in [2.24, 2.45) is 0 Å². The number of ketones is 2. The van der Waals surface area contributed by atoms with E-state index in [0.29, 0.717) is 0 Å². The number of hydrogen-bond donors (Lipinski definition) is 1. The number of nitrogens with zero attached hydrogens (tertiary/aromatic N) is 2. The first-order valence-corrected chi connectivity index (χ1v) is 4.83. The van der Waals surface area contributed by atoms with Crippen LogP contribution in [-0.4, -0.2) is 32.4 Å². The van der Waals surface area contributed by atoms with E-state index in [4.69, 9.17) is 0 Å². The molecule has 0 saturated carbocycles. The lowest BCUT2D eigenvalue weighted by atomic mass is 10.1. The van der Waals surface area contributed by atoms with Crippen LogP contribution < -0.4 is 0 Å². The molecule has 0 bridgehead atoms. The van der Waals surface area contributed by atoms with Gasteiger partial charge >= 0.3 is 0 Å². The largest absolute Gasteiger partial charge is 0.367 e. The number of Topliss-reactive ketones (excluding diaryl/α,β-unsaturated/α-hetero) is 2. The van der Waals surface area contributed by atoms with Gasteiger partial charge in [-0.3, -0.25) is 9.59 Å². The standard InChI is InChI=1S/C8H6N2O3S/c11-5-3-14-8(13,7(5)12)6-1-2-9-4-10-6/h1-2,4,13H,3H2. The average Bonchev–Trinajstić information content (AvgIpc) is 2.49. The predicted molar refractivity (Wildman–Crippen MR) is 48.4 cm³/mol. The van der Waals surface area contributed by atoms with Crippen LogP contribution in [0.1, 0.15) is 5.69 Å². The Morgan fingerprint density at radius 3 is 2.79 bits per heavy atom. The molecule has 1 atom stereocenters. The lowest BCUT2D eigenvalue weighted by molar-refractivity contribution is -0.141. The number of thioether (sulfide) groups is 1. The molecule has 1 unspecified atom stereocenters. The molecule has 1 saturated heterocycles. The van der Waals surface area contributed by atoms with Crippen molar-refractivity contribution in [2.45, 2.75) is 4.93 Å². The maximum Gasteiger partial charge on any atom is 0.247 e. The van der Waals surface area contributed by atoms with Gasteiger partial charge in [0.1, 0.15) is 6.33 Å². The van der Waals surface area contributed by atoms with Crippen molar-refractivity contribution >= 4 is 23.3 Å². The third-order valence-electron chi connectivity index (χ3n) is 1.90. The normalized spacial score (nSPS) is 26.9. The summed E-state index contributed by atoms with van der Waals surface area (Å²) >= 11 is 0.880. The Morgan fingerprint density at radius 2 is 2.29 bits per heavy atom. The molecule has 5 nitrogen and oxygen atoms in total. The van der Waals surface area contributed by atoms with Crippen molar-refractivity contribution in [3.8, 4) is 0 Å². The summed E-state index contributed by atoms with van der Waals surface area (Å²) in [4.78, 5) is 28.0. The Bertz CT molecular complexity index is 395. The van der Waals surface area contributed by atoms with Crippen LogP contribution in [0.15, 0.2) is 18.6 Å². The summed E-state index contributed by atoms with van der Waals surface area (Å²) in [5, 5.41) is 9.90. The second kappa shape index (κ2) is 3.14. The number of aliphatic hydroxyl groups is 1. The highest BCUT2D eigenvalue weighted by atomic mass is 32.2. The summed E-state index contributed by atoms with van der Waals surface area (Å²) in [7, 11) is 0. The van der Waals surface area contributed by atoms with Gasteiger partial charge in [0, 0.05) is 6.20 Å². The van der Waals surface area contributed by atoms with Crippen LogP contribution in [-0.2, 0) is 14.5 Å². The number of hydrogen-bond acceptors (Lipinski definition) is 6. The van der Waals surface area contributed by atoms with E-state index in [2.05, 4.69) is 9.97 Å². The Hall–Kier alpha value is -1.27. The fourth-order valence-corrected chi connectivity index (χ4v) is 2.16. The van der Waals surface area contributed by atoms with Crippen molar-refractivity contribution < 1.29 is 14.7 Å². The molecule has 72 valence electrons. The van der Waals surface area contributed by atoms with Crippen LogP contribution >= 0.6 is 11.8 Å². The molecule has 1 aliphatic rings. The van der Waals surface area contributed by atoms with Gasteiger partial charge in [0.2, 0.25) is 16.5 Å². The highest BCUT2D eigenvalue weighted by Gasteiger charge is 2.49. The molecule has 14 heavy (non-hydrogen) atoms. The van der Waals surface area contributed by atoms with Crippen molar-refractivity contribution in [3.05, 3.63) is 24.3 Å². The van der Waals surface area contributed by atoms with Crippen LogP contribution in [0.4, 0.5) is 0 Å². The summed E-state index contributed by atoms with van der Waals surface area (Å²) < 4.78 is 0. The van der Waals surface area contributed by atoms with Crippen molar-refractivity contribution in [2.75, 3.05) is 5.75 Å². The second-order valence-electron chi connectivity index (χ2n) is 2.78. The van der Waals surface area contributed by atoms with E-state index in [1.807, 2.05) is 0 Å². The molecular formula is C8H6N2O3S. The first-order chi connectivity index (χ1) is 6.64.